The van der Waals surface area contributed by atoms with E-state index in [9.17, 15) is 9.90 Å². The summed E-state index contributed by atoms with van der Waals surface area (Å²) in [7, 11) is 0. The van der Waals surface area contributed by atoms with Crippen molar-refractivity contribution in [3.63, 3.8) is 0 Å². The van der Waals surface area contributed by atoms with Crippen molar-refractivity contribution in [2.45, 2.75) is 33.1 Å². The molecule has 68 valence electrons. The number of carbonyl (C=O) groups excluding carboxylic acids is 1. The Morgan fingerprint density at radius 3 is 2.58 bits per heavy atom. The number of ketones is 1. The largest absolute Gasteiger partial charge is 0.395 e. The molecule has 0 spiro atoms. The zero-order chi connectivity index (χ0) is 8.98. The molecule has 2 bridgehead atoms. The van der Waals surface area contributed by atoms with Crippen LogP contribution < -0.4 is 0 Å². The first-order valence-electron chi connectivity index (χ1n) is 4.69. The molecule has 2 aliphatic rings. The molecule has 2 rings (SSSR count). The third-order valence-electron chi connectivity index (χ3n) is 4.00. The molecule has 2 fully saturated rings. The molecule has 2 saturated carbocycles. The van der Waals surface area contributed by atoms with Crippen LogP contribution in [0.15, 0.2) is 0 Å². The summed E-state index contributed by atoms with van der Waals surface area (Å²) in [4.78, 5) is 11.9. The molecule has 2 atom stereocenters. The molecule has 2 aliphatic carbocycles. The number of Topliss-reactive ketones (excluding diaryl/α,β-unsaturated/α-hetero) is 1. The average Bonchev–Trinajstić information content (AvgIpc) is 2.53. The molecule has 2 heteroatoms. The summed E-state index contributed by atoms with van der Waals surface area (Å²) >= 11 is 0. The Bertz CT molecular complexity index is 232. The van der Waals surface area contributed by atoms with Crippen LogP contribution in [0.1, 0.15) is 33.1 Å². The van der Waals surface area contributed by atoms with E-state index in [0.29, 0.717) is 11.7 Å². The molecule has 2 nitrogen and oxygen atoms in total. The van der Waals surface area contributed by atoms with E-state index in [-0.39, 0.29) is 17.4 Å². The van der Waals surface area contributed by atoms with E-state index < -0.39 is 0 Å². The summed E-state index contributed by atoms with van der Waals surface area (Å²) in [5, 5.41) is 9.22. The fraction of sp³-hybridized carbons (Fsp3) is 0.900. The summed E-state index contributed by atoms with van der Waals surface area (Å²) in [6.45, 7) is 4.11. The van der Waals surface area contributed by atoms with Gasteiger partial charge in [0.25, 0.3) is 0 Å². The van der Waals surface area contributed by atoms with Gasteiger partial charge in [0, 0.05) is 5.41 Å². The van der Waals surface area contributed by atoms with Gasteiger partial charge in [-0.2, -0.15) is 0 Å². The highest BCUT2D eigenvalue weighted by molar-refractivity contribution is 5.93. The van der Waals surface area contributed by atoms with Gasteiger partial charge in [0.1, 0.15) is 5.78 Å². The first kappa shape index (κ1) is 8.24. The van der Waals surface area contributed by atoms with E-state index in [1.165, 1.54) is 0 Å². The standard InChI is InChI=1S/C10H16O2/c1-9(2)7-3-4-10(5-7,6-11)8(9)12/h7,11H,3-6H2,1-2H3/t7-,10+/m1/s1. The molecule has 0 heterocycles. The van der Waals surface area contributed by atoms with Gasteiger partial charge in [-0.1, -0.05) is 13.8 Å². The van der Waals surface area contributed by atoms with Gasteiger partial charge >= 0.3 is 0 Å². The van der Waals surface area contributed by atoms with Gasteiger partial charge < -0.3 is 5.11 Å². The number of fused-ring (bicyclic) bond motifs is 2. The second-order valence-corrected chi connectivity index (χ2v) is 4.93. The van der Waals surface area contributed by atoms with Gasteiger partial charge in [0.05, 0.1) is 12.0 Å². The summed E-state index contributed by atoms with van der Waals surface area (Å²) < 4.78 is 0. The molecular formula is C10H16O2. The van der Waals surface area contributed by atoms with Crippen LogP contribution in [-0.2, 0) is 4.79 Å². The van der Waals surface area contributed by atoms with E-state index in [1.807, 2.05) is 13.8 Å². The summed E-state index contributed by atoms with van der Waals surface area (Å²) in [5.74, 6) is 0.825. The predicted octanol–water partition coefficient (Wildman–Crippen LogP) is 1.37. The van der Waals surface area contributed by atoms with Crippen LogP contribution in [0.25, 0.3) is 0 Å². The minimum absolute atomic E-state index is 0.0613. The van der Waals surface area contributed by atoms with Crippen LogP contribution in [0, 0.1) is 16.7 Å². The lowest BCUT2D eigenvalue weighted by molar-refractivity contribution is -0.137. The molecular weight excluding hydrogens is 152 g/mol. The molecule has 0 aromatic heterocycles. The van der Waals surface area contributed by atoms with E-state index in [4.69, 9.17) is 0 Å². The van der Waals surface area contributed by atoms with E-state index in [2.05, 4.69) is 0 Å². The maximum Gasteiger partial charge on any atom is 0.147 e. The van der Waals surface area contributed by atoms with Gasteiger partial charge in [0.15, 0.2) is 0 Å². The highest BCUT2D eigenvalue weighted by Gasteiger charge is 2.60. The third kappa shape index (κ3) is 0.717. The Morgan fingerprint density at radius 1 is 1.58 bits per heavy atom. The number of aliphatic hydroxyl groups is 1. The normalized spacial score (nSPS) is 43.9. The monoisotopic (exact) mass is 168 g/mol. The van der Waals surface area contributed by atoms with Crippen molar-refractivity contribution < 1.29 is 9.90 Å². The predicted molar refractivity (Wildman–Crippen MR) is 45.6 cm³/mol. The van der Waals surface area contributed by atoms with Gasteiger partial charge in [-0.3, -0.25) is 4.79 Å². The molecule has 0 unspecified atom stereocenters. The average molecular weight is 168 g/mol. The minimum atomic E-state index is -0.339. The smallest absolute Gasteiger partial charge is 0.147 e. The second kappa shape index (κ2) is 2.11. The zero-order valence-electron chi connectivity index (χ0n) is 7.76. The minimum Gasteiger partial charge on any atom is -0.395 e. The Hall–Kier alpha value is -0.370. The van der Waals surface area contributed by atoms with Gasteiger partial charge in [0.2, 0.25) is 0 Å². The Kier molecular flexibility index (Phi) is 1.45. The van der Waals surface area contributed by atoms with Crippen LogP contribution in [0.4, 0.5) is 0 Å². The zero-order valence-corrected chi connectivity index (χ0v) is 7.76. The first-order chi connectivity index (χ1) is 5.53. The SMILES string of the molecule is CC1(C)C(=O)[C@@]2(CO)CC[C@@H]1C2. The molecule has 0 saturated heterocycles. The van der Waals surface area contributed by atoms with Crippen LogP contribution in [-0.4, -0.2) is 17.5 Å². The lowest BCUT2D eigenvalue weighted by Gasteiger charge is -2.32. The number of rotatable bonds is 1. The van der Waals surface area contributed by atoms with Crippen LogP contribution in [0.3, 0.4) is 0 Å². The number of hydrogen-bond acceptors (Lipinski definition) is 2. The van der Waals surface area contributed by atoms with Crippen molar-refractivity contribution in [2.24, 2.45) is 16.7 Å². The van der Waals surface area contributed by atoms with Crippen molar-refractivity contribution in [2.75, 3.05) is 6.61 Å². The second-order valence-electron chi connectivity index (χ2n) is 4.93. The lowest BCUT2D eigenvalue weighted by atomic mass is 9.71. The van der Waals surface area contributed by atoms with Gasteiger partial charge in [-0.05, 0) is 25.2 Å². The van der Waals surface area contributed by atoms with E-state index >= 15 is 0 Å². The molecule has 0 aliphatic heterocycles. The van der Waals surface area contributed by atoms with Crippen LogP contribution >= 0.6 is 0 Å². The van der Waals surface area contributed by atoms with E-state index in [1.54, 1.807) is 0 Å². The Labute approximate surface area is 73.0 Å². The highest BCUT2D eigenvalue weighted by Crippen LogP contribution is 2.59. The number of aliphatic hydroxyl groups excluding tert-OH is 1. The Balaban J connectivity index is 2.38. The molecule has 0 aromatic carbocycles. The van der Waals surface area contributed by atoms with Crippen molar-refractivity contribution in [3.8, 4) is 0 Å². The maximum atomic E-state index is 11.9. The van der Waals surface area contributed by atoms with Crippen LogP contribution in [0.2, 0.25) is 0 Å². The lowest BCUT2D eigenvalue weighted by Crippen LogP contribution is -2.39. The van der Waals surface area contributed by atoms with Crippen molar-refractivity contribution in [1.29, 1.82) is 0 Å². The highest BCUT2D eigenvalue weighted by atomic mass is 16.3. The Morgan fingerprint density at radius 2 is 2.25 bits per heavy atom. The fourth-order valence-corrected chi connectivity index (χ4v) is 3.03. The maximum absolute atomic E-state index is 11.9. The quantitative estimate of drug-likeness (QED) is 0.642. The molecule has 0 radical (unpaired) electrons. The van der Waals surface area contributed by atoms with Gasteiger partial charge in [-0.25, -0.2) is 0 Å². The number of hydrogen-bond donors (Lipinski definition) is 1. The third-order valence-corrected chi connectivity index (χ3v) is 4.00. The summed E-state index contributed by atoms with van der Waals surface area (Å²) in [6, 6.07) is 0. The van der Waals surface area contributed by atoms with Crippen molar-refractivity contribution in [1.82, 2.24) is 0 Å². The van der Waals surface area contributed by atoms with E-state index in [0.717, 1.165) is 19.3 Å². The summed E-state index contributed by atoms with van der Waals surface area (Å²) in [5.41, 5.74) is -0.505. The first-order valence-corrected chi connectivity index (χ1v) is 4.69. The van der Waals surface area contributed by atoms with Crippen molar-refractivity contribution in [3.05, 3.63) is 0 Å². The van der Waals surface area contributed by atoms with Crippen LogP contribution in [0.5, 0.6) is 0 Å². The molecule has 12 heavy (non-hydrogen) atoms. The van der Waals surface area contributed by atoms with Gasteiger partial charge in [-0.15, -0.1) is 0 Å². The molecule has 0 aromatic rings. The molecule has 0 amide bonds. The van der Waals surface area contributed by atoms with Crippen molar-refractivity contribution >= 4 is 5.78 Å². The molecule has 1 N–H and O–H groups in total. The topological polar surface area (TPSA) is 37.3 Å². The summed E-state index contributed by atoms with van der Waals surface area (Å²) in [6.07, 6.45) is 2.96. The fourth-order valence-electron chi connectivity index (χ4n) is 3.03. The number of carbonyl (C=O) groups is 1.